The van der Waals surface area contributed by atoms with E-state index >= 15 is 0 Å². The van der Waals surface area contributed by atoms with Crippen molar-refractivity contribution in [2.45, 2.75) is 6.92 Å². The topological polar surface area (TPSA) is 78.9 Å². The van der Waals surface area contributed by atoms with Crippen LogP contribution in [0.1, 0.15) is 33.2 Å². The van der Waals surface area contributed by atoms with Crippen LogP contribution in [0.2, 0.25) is 0 Å². The van der Waals surface area contributed by atoms with Crippen molar-refractivity contribution in [1.82, 2.24) is 0 Å². The third-order valence-corrected chi connectivity index (χ3v) is 4.36. The average Bonchev–Trinajstić information content (AvgIpc) is 2.82. The van der Waals surface area contributed by atoms with Gasteiger partial charge in [-0.1, -0.05) is 30.3 Å². The smallest absolute Gasteiger partial charge is 0.344 e. The van der Waals surface area contributed by atoms with Crippen molar-refractivity contribution in [2.24, 2.45) is 0 Å². The van der Waals surface area contributed by atoms with Crippen LogP contribution in [-0.2, 0) is 9.53 Å². The van der Waals surface area contributed by atoms with Crippen LogP contribution in [0.4, 0.5) is 0 Å². The average molecular weight is 418 g/mol. The molecule has 0 aliphatic heterocycles. The highest BCUT2D eigenvalue weighted by Crippen LogP contribution is 2.16. The quantitative estimate of drug-likeness (QED) is 0.364. The zero-order valence-electron chi connectivity index (χ0n) is 17.1. The van der Waals surface area contributed by atoms with E-state index in [0.717, 1.165) is 0 Å². The van der Waals surface area contributed by atoms with Crippen molar-refractivity contribution in [1.29, 1.82) is 0 Å². The summed E-state index contributed by atoms with van der Waals surface area (Å²) < 4.78 is 15.7. The van der Waals surface area contributed by atoms with E-state index in [4.69, 9.17) is 14.2 Å². The Kier molecular flexibility index (Phi) is 7.54. The van der Waals surface area contributed by atoms with Gasteiger partial charge < -0.3 is 14.2 Å². The molecule has 6 nitrogen and oxygen atoms in total. The van der Waals surface area contributed by atoms with Crippen LogP contribution in [0, 0.1) is 0 Å². The van der Waals surface area contributed by atoms with Gasteiger partial charge >= 0.3 is 5.97 Å². The zero-order chi connectivity index (χ0) is 22.1. The molecule has 0 unspecified atom stereocenters. The molecule has 3 aromatic rings. The first-order valence-corrected chi connectivity index (χ1v) is 9.81. The normalized spacial score (nSPS) is 10.2. The summed E-state index contributed by atoms with van der Waals surface area (Å²) in [6.07, 6.45) is 0. The molecule has 0 atom stereocenters. The van der Waals surface area contributed by atoms with Gasteiger partial charge in [-0.25, -0.2) is 4.79 Å². The summed E-state index contributed by atoms with van der Waals surface area (Å²) in [6, 6.07) is 22.0. The number of rotatable bonds is 10. The van der Waals surface area contributed by atoms with Gasteiger partial charge in [-0.15, -0.1) is 0 Å². The lowest BCUT2D eigenvalue weighted by atomic mass is 10.0. The lowest BCUT2D eigenvalue weighted by molar-refractivity contribution is -0.144. The molecule has 0 aliphatic carbocycles. The Morgan fingerprint density at radius 1 is 0.645 bits per heavy atom. The minimum atomic E-state index is -0.663. The fourth-order valence-electron chi connectivity index (χ4n) is 2.78. The van der Waals surface area contributed by atoms with Gasteiger partial charge in [0.25, 0.3) is 0 Å². The number of esters is 1. The fraction of sp³-hybridized carbons (Fsp3) is 0.160. The highest BCUT2D eigenvalue weighted by molar-refractivity contribution is 6.09. The van der Waals surface area contributed by atoms with Gasteiger partial charge in [-0.3, -0.25) is 9.59 Å². The van der Waals surface area contributed by atoms with Gasteiger partial charge in [0.05, 0.1) is 6.61 Å². The first-order valence-electron chi connectivity index (χ1n) is 9.81. The van der Waals surface area contributed by atoms with Gasteiger partial charge in [0.15, 0.2) is 24.8 Å². The second kappa shape index (κ2) is 10.7. The summed E-state index contributed by atoms with van der Waals surface area (Å²) >= 11 is 0. The molecule has 0 saturated carbocycles. The summed E-state index contributed by atoms with van der Waals surface area (Å²) in [4.78, 5) is 36.4. The molecular formula is C25H22O6. The lowest BCUT2D eigenvalue weighted by Crippen LogP contribution is -2.19. The minimum absolute atomic E-state index is 0.0978. The number of hydrogen-bond acceptors (Lipinski definition) is 6. The summed E-state index contributed by atoms with van der Waals surface area (Å²) in [7, 11) is 0. The van der Waals surface area contributed by atoms with Crippen molar-refractivity contribution in [3.8, 4) is 11.5 Å². The van der Waals surface area contributed by atoms with Gasteiger partial charge in [0.1, 0.15) is 11.5 Å². The van der Waals surface area contributed by atoms with Crippen molar-refractivity contribution in [2.75, 3.05) is 19.8 Å². The second-order valence-corrected chi connectivity index (χ2v) is 6.55. The third kappa shape index (κ3) is 6.27. The molecule has 0 amide bonds. The zero-order valence-corrected chi connectivity index (χ0v) is 17.1. The molecule has 3 rings (SSSR count). The molecular weight excluding hydrogens is 396 g/mol. The number of hydrogen-bond donors (Lipinski definition) is 0. The number of ketones is 2. The predicted octanol–water partition coefficient (Wildman–Crippen LogP) is 4.12. The summed E-state index contributed by atoms with van der Waals surface area (Å²) in [5.74, 6) is 0.00333. The molecule has 0 bridgehead atoms. The van der Waals surface area contributed by atoms with E-state index in [9.17, 15) is 14.4 Å². The molecule has 0 spiro atoms. The van der Waals surface area contributed by atoms with Crippen LogP contribution >= 0.6 is 0 Å². The molecule has 31 heavy (non-hydrogen) atoms. The van der Waals surface area contributed by atoms with E-state index < -0.39 is 5.97 Å². The van der Waals surface area contributed by atoms with Crippen LogP contribution in [0.15, 0.2) is 78.9 Å². The standard InChI is InChI=1S/C25H22O6/c1-2-29-21-12-8-18(9-13-21)23(26)16-31-24(27)17-30-22-14-10-20(11-15-22)25(28)19-6-4-3-5-7-19/h3-15H,2,16-17H2,1H3. The van der Waals surface area contributed by atoms with Crippen molar-refractivity contribution < 1.29 is 28.6 Å². The van der Waals surface area contributed by atoms with Crippen molar-refractivity contribution in [3.05, 3.63) is 95.6 Å². The molecule has 0 aliphatic rings. The van der Waals surface area contributed by atoms with E-state index in [1.165, 1.54) is 0 Å². The minimum Gasteiger partial charge on any atom is -0.494 e. The Labute approximate surface area is 180 Å². The van der Waals surface area contributed by atoms with Crippen LogP contribution in [0.3, 0.4) is 0 Å². The molecule has 6 heteroatoms. The number of carbonyl (C=O) groups is 3. The van der Waals surface area contributed by atoms with Gasteiger partial charge in [0.2, 0.25) is 0 Å². The Balaban J connectivity index is 1.45. The first-order chi connectivity index (χ1) is 15.1. The number of ether oxygens (including phenoxy) is 3. The van der Waals surface area contributed by atoms with E-state index in [1.54, 1.807) is 72.8 Å². The molecule has 0 fully saturated rings. The second-order valence-electron chi connectivity index (χ2n) is 6.55. The summed E-state index contributed by atoms with van der Waals surface area (Å²) in [5, 5.41) is 0. The lowest BCUT2D eigenvalue weighted by Gasteiger charge is -2.08. The summed E-state index contributed by atoms with van der Waals surface area (Å²) in [5.41, 5.74) is 1.54. The number of benzene rings is 3. The molecule has 0 saturated heterocycles. The van der Waals surface area contributed by atoms with Crippen LogP contribution < -0.4 is 9.47 Å². The SMILES string of the molecule is CCOc1ccc(C(=O)COC(=O)COc2ccc(C(=O)c3ccccc3)cc2)cc1. The van der Waals surface area contributed by atoms with E-state index in [0.29, 0.717) is 34.8 Å². The Bertz CT molecular complexity index is 1020. The van der Waals surface area contributed by atoms with Crippen LogP contribution in [0.5, 0.6) is 11.5 Å². The monoisotopic (exact) mass is 418 g/mol. The highest BCUT2D eigenvalue weighted by atomic mass is 16.6. The van der Waals surface area contributed by atoms with Crippen LogP contribution in [-0.4, -0.2) is 37.4 Å². The maximum Gasteiger partial charge on any atom is 0.344 e. The maximum absolute atomic E-state index is 12.4. The van der Waals surface area contributed by atoms with Crippen molar-refractivity contribution in [3.63, 3.8) is 0 Å². The Morgan fingerprint density at radius 2 is 1.19 bits per heavy atom. The summed E-state index contributed by atoms with van der Waals surface area (Å²) in [6.45, 7) is 1.69. The highest BCUT2D eigenvalue weighted by Gasteiger charge is 2.12. The predicted molar refractivity (Wildman–Crippen MR) is 115 cm³/mol. The van der Waals surface area contributed by atoms with Gasteiger partial charge in [-0.05, 0) is 55.5 Å². The molecule has 0 N–H and O–H groups in total. The molecule has 0 radical (unpaired) electrons. The molecule has 0 heterocycles. The van der Waals surface area contributed by atoms with E-state index in [2.05, 4.69) is 0 Å². The van der Waals surface area contributed by atoms with Gasteiger partial charge in [-0.2, -0.15) is 0 Å². The number of Topliss-reactive ketones (excluding diaryl/α,β-unsaturated/α-hetero) is 1. The number of carbonyl (C=O) groups excluding carboxylic acids is 3. The van der Waals surface area contributed by atoms with E-state index in [1.807, 2.05) is 13.0 Å². The maximum atomic E-state index is 12.4. The first kappa shape index (κ1) is 21.8. The van der Waals surface area contributed by atoms with Crippen LogP contribution in [0.25, 0.3) is 0 Å². The Hall–Kier alpha value is -3.93. The Morgan fingerprint density at radius 3 is 1.81 bits per heavy atom. The third-order valence-electron chi connectivity index (χ3n) is 4.36. The van der Waals surface area contributed by atoms with Gasteiger partial charge in [0, 0.05) is 16.7 Å². The molecule has 3 aromatic carbocycles. The van der Waals surface area contributed by atoms with Crippen molar-refractivity contribution >= 4 is 17.5 Å². The largest absolute Gasteiger partial charge is 0.494 e. The molecule has 0 aromatic heterocycles. The van der Waals surface area contributed by atoms with E-state index in [-0.39, 0.29) is 24.8 Å². The fourth-order valence-corrected chi connectivity index (χ4v) is 2.78. The molecule has 158 valence electrons.